The van der Waals surface area contributed by atoms with Crippen LogP contribution in [-0.2, 0) is 11.2 Å². The van der Waals surface area contributed by atoms with Crippen LogP contribution in [0.3, 0.4) is 0 Å². The van der Waals surface area contributed by atoms with Gasteiger partial charge in [0.05, 0.1) is 7.11 Å². The van der Waals surface area contributed by atoms with Crippen molar-refractivity contribution in [3.05, 3.63) is 29.8 Å². The summed E-state index contributed by atoms with van der Waals surface area (Å²) in [7, 11) is 3.53. The van der Waals surface area contributed by atoms with Crippen molar-refractivity contribution in [1.82, 2.24) is 4.90 Å². The number of ether oxygens (including phenoxy) is 1. The second kappa shape index (κ2) is 7.75. The SMILES string of the molecule is CCCCN(C)C(=O)CCc1ccc(OC)cc1. The highest BCUT2D eigenvalue weighted by Gasteiger charge is 2.07. The van der Waals surface area contributed by atoms with Crippen molar-refractivity contribution >= 4 is 5.91 Å². The number of carbonyl (C=O) groups is 1. The maximum atomic E-state index is 11.8. The summed E-state index contributed by atoms with van der Waals surface area (Å²) in [5.74, 6) is 1.07. The first-order chi connectivity index (χ1) is 8.67. The largest absolute Gasteiger partial charge is 0.497 e. The fraction of sp³-hybridized carbons (Fsp3) is 0.533. The lowest BCUT2D eigenvalue weighted by Gasteiger charge is -2.16. The first-order valence-electron chi connectivity index (χ1n) is 6.54. The summed E-state index contributed by atoms with van der Waals surface area (Å²) in [6, 6.07) is 7.89. The maximum absolute atomic E-state index is 11.8. The maximum Gasteiger partial charge on any atom is 0.222 e. The van der Waals surface area contributed by atoms with Gasteiger partial charge in [-0.2, -0.15) is 0 Å². The molecule has 0 N–H and O–H groups in total. The highest BCUT2D eigenvalue weighted by atomic mass is 16.5. The van der Waals surface area contributed by atoms with E-state index in [1.54, 1.807) is 7.11 Å². The number of nitrogens with zero attached hydrogens (tertiary/aromatic N) is 1. The van der Waals surface area contributed by atoms with Crippen LogP contribution >= 0.6 is 0 Å². The average molecular weight is 249 g/mol. The van der Waals surface area contributed by atoms with Gasteiger partial charge >= 0.3 is 0 Å². The first-order valence-corrected chi connectivity index (χ1v) is 6.54. The Morgan fingerprint density at radius 2 is 1.94 bits per heavy atom. The molecule has 0 radical (unpaired) electrons. The molecule has 0 aromatic heterocycles. The second-order valence-electron chi connectivity index (χ2n) is 4.52. The third-order valence-corrected chi connectivity index (χ3v) is 3.06. The number of benzene rings is 1. The van der Waals surface area contributed by atoms with Crippen molar-refractivity contribution in [2.75, 3.05) is 20.7 Å². The topological polar surface area (TPSA) is 29.5 Å². The molecule has 0 fully saturated rings. The molecule has 1 amide bonds. The minimum atomic E-state index is 0.222. The van der Waals surface area contributed by atoms with E-state index in [9.17, 15) is 4.79 Å². The second-order valence-corrected chi connectivity index (χ2v) is 4.52. The first kappa shape index (κ1) is 14.6. The van der Waals surface area contributed by atoms with E-state index < -0.39 is 0 Å². The molecule has 0 aliphatic heterocycles. The highest BCUT2D eigenvalue weighted by Crippen LogP contribution is 2.13. The summed E-state index contributed by atoms with van der Waals surface area (Å²) in [4.78, 5) is 13.7. The standard InChI is InChI=1S/C15H23NO2/c1-4-5-12-16(2)15(17)11-8-13-6-9-14(18-3)10-7-13/h6-7,9-10H,4-5,8,11-12H2,1-3H3. The lowest BCUT2D eigenvalue weighted by molar-refractivity contribution is -0.129. The van der Waals surface area contributed by atoms with Crippen molar-refractivity contribution in [1.29, 1.82) is 0 Å². The zero-order chi connectivity index (χ0) is 13.4. The molecular weight excluding hydrogens is 226 g/mol. The van der Waals surface area contributed by atoms with Gasteiger partial charge in [-0.05, 0) is 30.5 Å². The van der Waals surface area contributed by atoms with Crippen molar-refractivity contribution < 1.29 is 9.53 Å². The summed E-state index contributed by atoms with van der Waals surface area (Å²) < 4.78 is 5.10. The molecule has 0 aliphatic rings. The van der Waals surface area contributed by atoms with Crippen LogP contribution in [0.1, 0.15) is 31.7 Å². The summed E-state index contributed by atoms with van der Waals surface area (Å²) >= 11 is 0. The average Bonchev–Trinajstić information content (AvgIpc) is 2.42. The Morgan fingerprint density at radius 3 is 2.50 bits per heavy atom. The van der Waals surface area contributed by atoms with Gasteiger partial charge in [0.1, 0.15) is 5.75 Å². The summed E-state index contributed by atoms with van der Waals surface area (Å²) in [5, 5.41) is 0. The quantitative estimate of drug-likeness (QED) is 0.743. The molecule has 0 saturated heterocycles. The number of methoxy groups -OCH3 is 1. The van der Waals surface area contributed by atoms with Crippen molar-refractivity contribution in [2.45, 2.75) is 32.6 Å². The van der Waals surface area contributed by atoms with Gasteiger partial charge in [0, 0.05) is 20.0 Å². The van der Waals surface area contributed by atoms with Crippen LogP contribution < -0.4 is 4.74 Å². The van der Waals surface area contributed by atoms with E-state index in [1.807, 2.05) is 36.2 Å². The van der Waals surface area contributed by atoms with Crippen LogP contribution in [0.5, 0.6) is 5.75 Å². The van der Waals surface area contributed by atoms with Gasteiger partial charge in [-0.15, -0.1) is 0 Å². The molecule has 0 atom stereocenters. The van der Waals surface area contributed by atoms with E-state index in [4.69, 9.17) is 4.74 Å². The number of hydrogen-bond acceptors (Lipinski definition) is 2. The van der Waals surface area contributed by atoms with Crippen LogP contribution in [-0.4, -0.2) is 31.5 Å². The lowest BCUT2D eigenvalue weighted by atomic mass is 10.1. The Morgan fingerprint density at radius 1 is 1.28 bits per heavy atom. The Bertz CT molecular complexity index is 359. The van der Waals surface area contributed by atoms with Gasteiger partial charge in [-0.25, -0.2) is 0 Å². The third-order valence-electron chi connectivity index (χ3n) is 3.06. The molecule has 1 aromatic rings. The number of unbranched alkanes of at least 4 members (excludes halogenated alkanes) is 1. The van der Waals surface area contributed by atoms with Crippen molar-refractivity contribution in [3.63, 3.8) is 0 Å². The van der Waals surface area contributed by atoms with Gasteiger partial charge in [0.15, 0.2) is 0 Å². The van der Waals surface area contributed by atoms with Crippen LogP contribution in [0, 0.1) is 0 Å². The summed E-state index contributed by atoms with van der Waals surface area (Å²) in [6.45, 7) is 2.99. The predicted octanol–water partition coefficient (Wildman–Crippen LogP) is 2.89. The van der Waals surface area contributed by atoms with E-state index in [1.165, 1.54) is 5.56 Å². The Kier molecular flexibility index (Phi) is 6.26. The Balaban J connectivity index is 2.37. The molecule has 0 spiro atoms. The normalized spacial score (nSPS) is 10.2. The molecular formula is C15H23NO2. The minimum Gasteiger partial charge on any atom is -0.497 e. The molecule has 0 heterocycles. The zero-order valence-corrected chi connectivity index (χ0v) is 11.6. The monoisotopic (exact) mass is 249 g/mol. The number of rotatable bonds is 7. The summed E-state index contributed by atoms with van der Waals surface area (Å²) in [5.41, 5.74) is 1.17. The fourth-order valence-corrected chi connectivity index (χ4v) is 1.75. The van der Waals surface area contributed by atoms with Crippen molar-refractivity contribution in [3.8, 4) is 5.75 Å². The van der Waals surface area contributed by atoms with Crippen LogP contribution in [0.2, 0.25) is 0 Å². The van der Waals surface area contributed by atoms with Gasteiger partial charge in [0.2, 0.25) is 5.91 Å². The van der Waals surface area contributed by atoms with Crippen LogP contribution in [0.25, 0.3) is 0 Å². The number of amides is 1. The Hall–Kier alpha value is -1.51. The highest BCUT2D eigenvalue weighted by molar-refractivity contribution is 5.76. The molecule has 18 heavy (non-hydrogen) atoms. The lowest BCUT2D eigenvalue weighted by Crippen LogP contribution is -2.27. The Labute approximate surface area is 110 Å². The third kappa shape index (κ3) is 4.78. The van der Waals surface area contributed by atoms with E-state index in [2.05, 4.69) is 6.92 Å². The number of aryl methyl sites for hydroxylation is 1. The van der Waals surface area contributed by atoms with Gasteiger partial charge in [-0.1, -0.05) is 25.5 Å². The van der Waals surface area contributed by atoms with E-state index in [0.717, 1.165) is 31.6 Å². The molecule has 100 valence electrons. The number of carbonyl (C=O) groups excluding carboxylic acids is 1. The molecule has 0 saturated carbocycles. The van der Waals surface area contributed by atoms with Gasteiger partial charge in [0.25, 0.3) is 0 Å². The molecule has 0 unspecified atom stereocenters. The predicted molar refractivity (Wildman–Crippen MR) is 73.9 cm³/mol. The van der Waals surface area contributed by atoms with E-state index in [0.29, 0.717) is 6.42 Å². The van der Waals surface area contributed by atoms with Gasteiger partial charge in [-0.3, -0.25) is 4.79 Å². The van der Waals surface area contributed by atoms with Gasteiger partial charge < -0.3 is 9.64 Å². The zero-order valence-electron chi connectivity index (χ0n) is 11.6. The van der Waals surface area contributed by atoms with Crippen LogP contribution in [0.4, 0.5) is 0 Å². The van der Waals surface area contributed by atoms with Crippen LogP contribution in [0.15, 0.2) is 24.3 Å². The molecule has 1 rings (SSSR count). The summed E-state index contributed by atoms with van der Waals surface area (Å²) in [6.07, 6.45) is 3.56. The number of hydrogen-bond donors (Lipinski definition) is 0. The molecule has 0 aliphatic carbocycles. The van der Waals surface area contributed by atoms with E-state index >= 15 is 0 Å². The molecule has 3 heteroatoms. The minimum absolute atomic E-state index is 0.222. The van der Waals surface area contributed by atoms with Crippen molar-refractivity contribution in [2.24, 2.45) is 0 Å². The molecule has 1 aromatic carbocycles. The smallest absolute Gasteiger partial charge is 0.222 e. The fourth-order valence-electron chi connectivity index (χ4n) is 1.75. The molecule has 3 nitrogen and oxygen atoms in total. The molecule has 0 bridgehead atoms. The van der Waals surface area contributed by atoms with E-state index in [-0.39, 0.29) is 5.91 Å².